The lowest BCUT2D eigenvalue weighted by atomic mass is 9.41. The predicted molar refractivity (Wildman–Crippen MR) is 145 cm³/mol. The van der Waals surface area contributed by atoms with E-state index in [9.17, 15) is 5.11 Å². The molecule has 1 N–H and O–H groups in total. The lowest BCUT2D eigenvalue weighted by Crippen LogP contribution is -2.68. The van der Waals surface area contributed by atoms with Gasteiger partial charge in [-0.3, -0.25) is 0 Å². The van der Waals surface area contributed by atoms with Gasteiger partial charge in [-0.2, -0.15) is 0 Å². The van der Waals surface area contributed by atoms with Crippen molar-refractivity contribution in [3.63, 3.8) is 0 Å². The van der Waals surface area contributed by atoms with Gasteiger partial charge in [-0.1, -0.05) is 79.2 Å². The van der Waals surface area contributed by atoms with Gasteiger partial charge in [-0.25, -0.2) is 0 Å². The minimum atomic E-state index is -0.296. The van der Waals surface area contributed by atoms with E-state index >= 15 is 0 Å². The van der Waals surface area contributed by atoms with Crippen molar-refractivity contribution in [2.45, 2.75) is 118 Å². The molecule has 0 radical (unpaired) electrons. The zero-order chi connectivity index (χ0) is 26.0. The third kappa shape index (κ3) is 4.02. The van der Waals surface area contributed by atoms with Crippen LogP contribution in [-0.4, -0.2) is 37.1 Å². The summed E-state index contributed by atoms with van der Waals surface area (Å²) in [6, 6.07) is 0. The van der Waals surface area contributed by atoms with Crippen LogP contribution in [0, 0.1) is 45.3 Å². The SMILES string of the molecule is CO[C@H]1C=C2[C@@H](CC[C@H](O)C2(C)C)[C@]2(OC)CC[C@]3(C)[C@@H]([C@H](C)C/C=C/C(C)(C)C)CC[C@@]3(C)[C@H]12. The number of hydrogen-bond donors (Lipinski definition) is 1. The molecule has 0 aliphatic heterocycles. The molecule has 0 bridgehead atoms. The number of aliphatic hydroxyl groups excluding tert-OH is 1. The van der Waals surface area contributed by atoms with Crippen LogP contribution in [-0.2, 0) is 9.47 Å². The molecule has 0 aromatic carbocycles. The highest BCUT2D eigenvalue weighted by atomic mass is 16.5. The first-order valence-electron chi connectivity index (χ1n) is 14.3. The second kappa shape index (κ2) is 8.98. The van der Waals surface area contributed by atoms with Crippen molar-refractivity contribution in [3.8, 4) is 0 Å². The van der Waals surface area contributed by atoms with Gasteiger partial charge in [0.1, 0.15) is 0 Å². The summed E-state index contributed by atoms with van der Waals surface area (Å²) in [5, 5.41) is 10.9. The van der Waals surface area contributed by atoms with E-state index < -0.39 is 0 Å². The molecule has 0 saturated heterocycles. The maximum Gasteiger partial charge on any atom is 0.0816 e. The predicted octanol–water partition coefficient (Wildman–Crippen LogP) is 7.58. The van der Waals surface area contributed by atoms with Crippen molar-refractivity contribution in [1.82, 2.24) is 0 Å². The van der Waals surface area contributed by atoms with Crippen LogP contribution in [0.2, 0.25) is 0 Å². The summed E-state index contributed by atoms with van der Waals surface area (Å²) in [4.78, 5) is 0. The highest BCUT2D eigenvalue weighted by Gasteiger charge is 2.71. The topological polar surface area (TPSA) is 38.7 Å². The lowest BCUT2D eigenvalue weighted by Gasteiger charge is -2.67. The molecule has 0 aromatic rings. The summed E-state index contributed by atoms with van der Waals surface area (Å²) < 4.78 is 13.0. The first kappa shape index (κ1) is 27.4. The Morgan fingerprint density at radius 3 is 2.31 bits per heavy atom. The molecule has 200 valence electrons. The van der Waals surface area contributed by atoms with Crippen LogP contribution < -0.4 is 0 Å². The fourth-order valence-corrected chi connectivity index (χ4v) is 9.53. The summed E-state index contributed by atoms with van der Waals surface area (Å²) in [6.45, 7) is 19.0. The zero-order valence-electron chi connectivity index (χ0n) is 24.4. The maximum atomic E-state index is 10.9. The number of allylic oxidation sites excluding steroid dienone is 2. The summed E-state index contributed by atoms with van der Waals surface area (Å²) in [6.07, 6.45) is 14.9. The Kier molecular flexibility index (Phi) is 7.03. The van der Waals surface area contributed by atoms with Gasteiger partial charge in [-0.15, -0.1) is 0 Å². The number of methoxy groups -OCH3 is 2. The Hall–Kier alpha value is -0.640. The third-order valence-electron chi connectivity index (χ3n) is 11.8. The summed E-state index contributed by atoms with van der Waals surface area (Å²) >= 11 is 0. The number of ether oxygens (including phenoxy) is 2. The van der Waals surface area contributed by atoms with Crippen LogP contribution in [0.4, 0.5) is 0 Å². The molecule has 3 saturated carbocycles. The van der Waals surface area contributed by atoms with E-state index in [0.717, 1.165) is 25.2 Å². The van der Waals surface area contributed by atoms with Crippen LogP contribution >= 0.6 is 0 Å². The van der Waals surface area contributed by atoms with Gasteiger partial charge in [0.05, 0.1) is 17.8 Å². The van der Waals surface area contributed by atoms with Crippen molar-refractivity contribution in [2.24, 2.45) is 45.3 Å². The summed E-state index contributed by atoms with van der Waals surface area (Å²) in [7, 11) is 3.84. The summed E-state index contributed by atoms with van der Waals surface area (Å²) in [5.41, 5.74) is 1.63. The minimum Gasteiger partial charge on any atom is -0.392 e. The molecule has 9 atom stereocenters. The molecule has 3 fully saturated rings. The molecular weight excluding hydrogens is 432 g/mol. The van der Waals surface area contributed by atoms with Crippen LogP contribution in [0.15, 0.2) is 23.8 Å². The van der Waals surface area contributed by atoms with Crippen LogP contribution in [0.5, 0.6) is 0 Å². The Bertz CT molecular complexity index is 849. The van der Waals surface area contributed by atoms with Gasteiger partial charge in [-0.05, 0) is 73.0 Å². The Balaban J connectivity index is 1.73. The van der Waals surface area contributed by atoms with Gasteiger partial charge in [0.15, 0.2) is 0 Å². The molecular formula is C32H54O3. The first-order chi connectivity index (χ1) is 16.2. The molecule has 0 heterocycles. The number of rotatable bonds is 5. The van der Waals surface area contributed by atoms with E-state index in [1.807, 2.05) is 14.2 Å². The van der Waals surface area contributed by atoms with E-state index in [4.69, 9.17) is 9.47 Å². The Morgan fingerprint density at radius 1 is 1.03 bits per heavy atom. The van der Waals surface area contributed by atoms with Gasteiger partial charge >= 0.3 is 0 Å². The maximum absolute atomic E-state index is 10.9. The average molecular weight is 487 g/mol. The highest BCUT2D eigenvalue weighted by Crippen LogP contribution is 2.73. The molecule has 0 spiro atoms. The number of aliphatic hydroxyl groups is 1. The Labute approximate surface area is 216 Å². The van der Waals surface area contributed by atoms with Gasteiger partial charge in [0.25, 0.3) is 0 Å². The van der Waals surface area contributed by atoms with Crippen LogP contribution in [0.25, 0.3) is 0 Å². The van der Waals surface area contributed by atoms with Crippen molar-refractivity contribution in [2.75, 3.05) is 14.2 Å². The van der Waals surface area contributed by atoms with E-state index in [1.165, 1.54) is 31.3 Å². The lowest BCUT2D eigenvalue weighted by molar-refractivity contribution is -0.238. The molecule has 0 amide bonds. The first-order valence-corrected chi connectivity index (χ1v) is 14.3. The third-order valence-corrected chi connectivity index (χ3v) is 11.8. The van der Waals surface area contributed by atoms with E-state index in [0.29, 0.717) is 17.8 Å². The Morgan fingerprint density at radius 2 is 1.71 bits per heavy atom. The second-order valence-electron chi connectivity index (χ2n) is 14.8. The fourth-order valence-electron chi connectivity index (χ4n) is 9.53. The van der Waals surface area contributed by atoms with E-state index in [2.05, 4.69) is 73.6 Å². The van der Waals surface area contributed by atoms with Crippen LogP contribution in [0.1, 0.15) is 100 Å². The molecule has 4 aliphatic rings. The quantitative estimate of drug-likeness (QED) is 0.407. The molecule has 0 aromatic heterocycles. The molecule has 3 heteroatoms. The monoisotopic (exact) mass is 486 g/mol. The van der Waals surface area contributed by atoms with Crippen molar-refractivity contribution >= 4 is 0 Å². The van der Waals surface area contributed by atoms with E-state index in [1.54, 1.807) is 0 Å². The number of hydrogen-bond acceptors (Lipinski definition) is 3. The number of fused-ring (bicyclic) bond motifs is 5. The standard InChI is InChI=1S/C32H54O3/c1-21(12-11-16-28(2,3)4)22-15-17-31(8)27-25(34-9)20-24-23(13-14-26(33)29(24,5)6)32(27,35-10)19-18-30(22,31)7/h11,16,20-23,25-27,33H,12-15,17-19H2,1-10H3/b16-11+/t21-,22-,23-,25+,26+,27+,30-,31+,32-/m1/s1. The molecule has 4 rings (SSSR count). The summed E-state index contributed by atoms with van der Waals surface area (Å²) in [5.74, 6) is 2.11. The normalized spacial score (nSPS) is 46.0. The molecule has 0 unspecified atom stereocenters. The fraction of sp³-hybridized carbons (Fsp3) is 0.875. The molecule has 3 nitrogen and oxygen atoms in total. The second-order valence-corrected chi connectivity index (χ2v) is 14.8. The minimum absolute atomic E-state index is 0.0326. The van der Waals surface area contributed by atoms with Gasteiger partial charge in [0, 0.05) is 31.5 Å². The highest BCUT2D eigenvalue weighted by molar-refractivity contribution is 5.34. The zero-order valence-corrected chi connectivity index (χ0v) is 24.4. The molecule has 35 heavy (non-hydrogen) atoms. The van der Waals surface area contributed by atoms with Crippen LogP contribution in [0.3, 0.4) is 0 Å². The largest absolute Gasteiger partial charge is 0.392 e. The van der Waals surface area contributed by atoms with E-state index in [-0.39, 0.29) is 39.5 Å². The van der Waals surface area contributed by atoms with Crippen molar-refractivity contribution in [1.29, 1.82) is 0 Å². The van der Waals surface area contributed by atoms with Crippen molar-refractivity contribution in [3.05, 3.63) is 23.8 Å². The molecule has 4 aliphatic carbocycles. The smallest absolute Gasteiger partial charge is 0.0816 e. The van der Waals surface area contributed by atoms with Gasteiger partial charge in [0.2, 0.25) is 0 Å². The van der Waals surface area contributed by atoms with Gasteiger partial charge < -0.3 is 14.6 Å². The average Bonchev–Trinajstić information content (AvgIpc) is 3.06. The van der Waals surface area contributed by atoms with Crippen molar-refractivity contribution < 1.29 is 14.6 Å².